The van der Waals surface area contributed by atoms with Crippen molar-refractivity contribution in [3.63, 3.8) is 0 Å². The number of hydrogen-bond donors (Lipinski definition) is 1. The monoisotopic (exact) mass is 289 g/mol. The summed E-state index contributed by atoms with van der Waals surface area (Å²) in [6.45, 7) is 3.20. The molecule has 0 bridgehead atoms. The lowest BCUT2D eigenvalue weighted by molar-refractivity contribution is 0.453. The van der Waals surface area contributed by atoms with Crippen LogP contribution in [0.1, 0.15) is 19.8 Å². The fraction of sp³-hybridized carbons (Fsp3) is 0.545. The topological polar surface area (TPSA) is 76.3 Å². The van der Waals surface area contributed by atoms with Gasteiger partial charge in [0, 0.05) is 19.3 Å². The van der Waals surface area contributed by atoms with Gasteiger partial charge in [-0.3, -0.25) is 0 Å². The number of nitrogens with zero attached hydrogens (tertiary/aromatic N) is 2. The van der Waals surface area contributed by atoms with Crippen molar-refractivity contribution in [3.8, 4) is 0 Å². The molecular formula is C11H16ClN3O2S. The summed E-state index contributed by atoms with van der Waals surface area (Å²) in [6.07, 6.45) is 3.16. The lowest BCUT2D eigenvalue weighted by atomic mass is 10.1. The summed E-state index contributed by atoms with van der Waals surface area (Å²) >= 11 is 5.81. The van der Waals surface area contributed by atoms with Crippen molar-refractivity contribution in [2.45, 2.75) is 24.7 Å². The number of aromatic nitrogens is 1. The van der Waals surface area contributed by atoms with Crippen molar-refractivity contribution in [1.29, 1.82) is 0 Å². The van der Waals surface area contributed by atoms with Crippen LogP contribution in [0.2, 0.25) is 5.02 Å². The zero-order valence-corrected chi connectivity index (χ0v) is 11.7. The summed E-state index contributed by atoms with van der Waals surface area (Å²) in [5.41, 5.74) is 5.48. The fourth-order valence-electron chi connectivity index (χ4n) is 2.07. The van der Waals surface area contributed by atoms with Crippen LogP contribution in [0.15, 0.2) is 17.2 Å². The number of rotatable bonds is 3. The van der Waals surface area contributed by atoms with Crippen molar-refractivity contribution in [3.05, 3.63) is 17.3 Å². The Morgan fingerprint density at radius 3 is 2.89 bits per heavy atom. The molecule has 0 saturated carbocycles. The molecule has 0 spiro atoms. The van der Waals surface area contributed by atoms with Crippen LogP contribution >= 0.6 is 11.6 Å². The molecule has 0 radical (unpaired) electrons. The van der Waals surface area contributed by atoms with E-state index in [0.717, 1.165) is 12.8 Å². The van der Waals surface area contributed by atoms with Gasteiger partial charge in [0.1, 0.15) is 10.7 Å². The Hall–Kier alpha value is -0.850. The number of sulfonamides is 1. The SMILES string of the molecule is CCC1CCN(S(=O)(=O)c2cnc(N)c(Cl)c2)C1. The maximum absolute atomic E-state index is 12.3. The Labute approximate surface area is 112 Å². The normalized spacial score (nSPS) is 21.3. The molecule has 0 aliphatic carbocycles. The highest BCUT2D eigenvalue weighted by Crippen LogP contribution is 2.27. The van der Waals surface area contributed by atoms with E-state index in [1.807, 2.05) is 0 Å². The van der Waals surface area contributed by atoms with Gasteiger partial charge >= 0.3 is 0 Å². The second kappa shape index (κ2) is 5.03. The van der Waals surface area contributed by atoms with E-state index in [-0.39, 0.29) is 15.7 Å². The fourth-order valence-corrected chi connectivity index (χ4v) is 3.80. The van der Waals surface area contributed by atoms with E-state index in [2.05, 4.69) is 11.9 Å². The average molecular weight is 290 g/mol. The lowest BCUT2D eigenvalue weighted by Gasteiger charge is -2.16. The first-order valence-electron chi connectivity index (χ1n) is 5.86. The summed E-state index contributed by atoms with van der Waals surface area (Å²) in [5.74, 6) is 0.584. The minimum Gasteiger partial charge on any atom is -0.382 e. The van der Waals surface area contributed by atoms with Crippen LogP contribution in [-0.4, -0.2) is 30.8 Å². The molecule has 100 valence electrons. The maximum Gasteiger partial charge on any atom is 0.244 e. The van der Waals surface area contributed by atoms with Gasteiger partial charge in [-0.05, 0) is 18.4 Å². The molecule has 2 N–H and O–H groups in total. The molecule has 18 heavy (non-hydrogen) atoms. The van der Waals surface area contributed by atoms with E-state index in [1.54, 1.807) is 0 Å². The number of pyridine rings is 1. The van der Waals surface area contributed by atoms with E-state index in [4.69, 9.17) is 17.3 Å². The Balaban J connectivity index is 2.28. The third-order valence-electron chi connectivity index (χ3n) is 3.31. The van der Waals surface area contributed by atoms with E-state index < -0.39 is 10.0 Å². The summed E-state index contributed by atoms with van der Waals surface area (Å²) in [4.78, 5) is 3.91. The van der Waals surface area contributed by atoms with Gasteiger partial charge in [-0.25, -0.2) is 13.4 Å². The van der Waals surface area contributed by atoms with Crippen molar-refractivity contribution in [1.82, 2.24) is 9.29 Å². The zero-order valence-electron chi connectivity index (χ0n) is 10.1. The molecule has 1 aromatic heterocycles. The van der Waals surface area contributed by atoms with E-state index in [9.17, 15) is 8.42 Å². The summed E-state index contributed by atoms with van der Waals surface area (Å²) < 4.78 is 26.2. The third-order valence-corrected chi connectivity index (χ3v) is 5.44. The van der Waals surface area contributed by atoms with Crippen LogP contribution < -0.4 is 5.73 Å². The highest BCUT2D eigenvalue weighted by Gasteiger charge is 2.32. The molecule has 5 nitrogen and oxygen atoms in total. The number of nitrogens with two attached hydrogens (primary N) is 1. The molecule has 1 fully saturated rings. The predicted molar refractivity (Wildman–Crippen MR) is 70.8 cm³/mol. The van der Waals surface area contributed by atoms with Crippen LogP contribution in [0.25, 0.3) is 0 Å². The first kappa shape index (κ1) is 13.6. The van der Waals surface area contributed by atoms with Crippen LogP contribution in [0, 0.1) is 5.92 Å². The van der Waals surface area contributed by atoms with Gasteiger partial charge in [-0.1, -0.05) is 24.9 Å². The largest absolute Gasteiger partial charge is 0.382 e. The number of hydrogen-bond acceptors (Lipinski definition) is 4. The molecule has 1 aliphatic heterocycles. The van der Waals surface area contributed by atoms with Crippen LogP contribution in [0.5, 0.6) is 0 Å². The molecule has 1 aliphatic rings. The van der Waals surface area contributed by atoms with Gasteiger partial charge in [-0.2, -0.15) is 4.31 Å². The Morgan fingerprint density at radius 1 is 1.61 bits per heavy atom. The Kier molecular flexibility index (Phi) is 3.79. The molecule has 1 unspecified atom stereocenters. The molecule has 0 amide bonds. The van der Waals surface area contributed by atoms with Gasteiger partial charge in [-0.15, -0.1) is 0 Å². The van der Waals surface area contributed by atoms with Gasteiger partial charge in [0.05, 0.1) is 5.02 Å². The van der Waals surface area contributed by atoms with Gasteiger partial charge in [0.25, 0.3) is 0 Å². The van der Waals surface area contributed by atoms with Gasteiger partial charge in [0.15, 0.2) is 0 Å². The van der Waals surface area contributed by atoms with E-state index >= 15 is 0 Å². The van der Waals surface area contributed by atoms with E-state index in [0.29, 0.717) is 19.0 Å². The highest BCUT2D eigenvalue weighted by molar-refractivity contribution is 7.89. The quantitative estimate of drug-likeness (QED) is 0.919. The standard InChI is InChI=1S/C11H16ClN3O2S/c1-2-8-3-4-15(7-8)18(16,17)9-5-10(12)11(13)14-6-9/h5-6,8H,2-4,7H2,1H3,(H2,13,14). The maximum atomic E-state index is 12.3. The van der Waals surface area contributed by atoms with Gasteiger partial charge in [0.2, 0.25) is 10.0 Å². The second-order valence-corrected chi connectivity index (χ2v) is 6.81. The molecule has 1 aromatic rings. The van der Waals surface area contributed by atoms with E-state index in [1.165, 1.54) is 16.6 Å². The Morgan fingerprint density at radius 2 is 2.33 bits per heavy atom. The lowest BCUT2D eigenvalue weighted by Crippen LogP contribution is -2.29. The summed E-state index contributed by atoms with van der Waals surface area (Å²) in [7, 11) is -3.49. The molecule has 1 saturated heterocycles. The number of halogens is 1. The molecule has 2 rings (SSSR count). The van der Waals surface area contributed by atoms with Crippen molar-refractivity contribution < 1.29 is 8.42 Å². The average Bonchev–Trinajstić information content (AvgIpc) is 2.81. The second-order valence-electron chi connectivity index (χ2n) is 4.46. The minimum absolute atomic E-state index is 0.110. The van der Waals surface area contributed by atoms with Crippen molar-refractivity contribution in [2.75, 3.05) is 18.8 Å². The summed E-state index contributed by atoms with van der Waals surface area (Å²) in [6, 6.07) is 1.36. The Bertz CT molecular complexity index is 547. The number of anilines is 1. The van der Waals surface area contributed by atoms with Crippen LogP contribution in [0.4, 0.5) is 5.82 Å². The summed E-state index contributed by atoms with van der Waals surface area (Å²) in [5, 5.41) is 0.169. The highest BCUT2D eigenvalue weighted by atomic mass is 35.5. The molecular weight excluding hydrogens is 274 g/mol. The number of nitrogen functional groups attached to an aromatic ring is 1. The van der Waals surface area contributed by atoms with Crippen molar-refractivity contribution in [2.24, 2.45) is 5.92 Å². The molecule has 2 heterocycles. The van der Waals surface area contributed by atoms with Gasteiger partial charge < -0.3 is 5.73 Å². The first-order chi connectivity index (χ1) is 8.45. The molecule has 7 heteroatoms. The van der Waals surface area contributed by atoms with Crippen molar-refractivity contribution >= 4 is 27.4 Å². The third kappa shape index (κ3) is 2.46. The minimum atomic E-state index is -3.49. The van der Waals surface area contributed by atoms with Crippen LogP contribution in [-0.2, 0) is 10.0 Å². The molecule has 0 aromatic carbocycles. The zero-order chi connectivity index (χ0) is 13.3. The smallest absolute Gasteiger partial charge is 0.244 e. The first-order valence-corrected chi connectivity index (χ1v) is 7.68. The van der Waals surface area contributed by atoms with Crippen LogP contribution in [0.3, 0.4) is 0 Å². The molecule has 1 atom stereocenters. The predicted octanol–water partition coefficient (Wildman–Crippen LogP) is 1.74.